The van der Waals surface area contributed by atoms with Gasteiger partial charge in [-0.3, -0.25) is 0 Å². The zero-order valence-electron chi connectivity index (χ0n) is 12.0. The Morgan fingerprint density at radius 1 is 0.652 bits per heavy atom. The van der Waals surface area contributed by atoms with E-state index < -0.39 is 74.6 Å². The van der Waals surface area contributed by atoms with Gasteiger partial charge in [0, 0.05) is 0 Å². The summed E-state index contributed by atoms with van der Waals surface area (Å²) in [6, 6.07) is 0. The van der Waals surface area contributed by atoms with Crippen LogP contribution in [0.1, 0.15) is 0 Å². The summed E-state index contributed by atoms with van der Waals surface area (Å²) in [4.78, 5) is 0. The topological polar surface area (TPSA) is 190 Å². The number of aliphatic hydroxyl groups excluding tert-OH is 8. The molecule has 11 nitrogen and oxygen atoms in total. The molecule has 2 rings (SSSR count). The van der Waals surface area contributed by atoms with Gasteiger partial charge in [-0.1, -0.05) is 0 Å². The van der Waals surface area contributed by atoms with Gasteiger partial charge in [-0.2, -0.15) is 0 Å². The minimum atomic E-state index is -1.74. The van der Waals surface area contributed by atoms with Gasteiger partial charge < -0.3 is 55.1 Å². The van der Waals surface area contributed by atoms with Crippen molar-refractivity contribution in [2.24, 2.45) is 0 Å². The summed E-state index contributed by atoms with van der Waals surface area (Å²) in [7, 11) is 0. The van der Waals surface area contributed by atoms with Crippen molar-refractivity contribution in [2.45, 2.75) is 61.4 Å². The van der Waals surface area contributed by atoms with Crippen LogP contribution in [0.3, 0.4) is 0 Å². The Kier molecular flexibility index (Phi) is 6.27. The highest BCUT2D eigenvalue weighted by molar-refractivity contribution is 4.93. The molecule has 0 radical (unpaired) electrons. The molecule has 0 aliphatic carbocycles. The summed E-state index contributed by atoms with van der Waals surface area (Å²) in [5.41, 5.74) is 0. The van der Waals surface area contributed by atoms with E-state index in [0.29, 0.717) is 0 Å². The molecule has 0 saturated carbocycles. The van der Waals surface area contributed by atoms with Gasteiger partial charge in [-0.15, -0.1) is 0 Å². The van der Waals surface area contributed by atoms with Crippen molar-refractivity contribution in [3.05, 3.63) is 0 Å². The zero-order valence-corrected chi connectivity index (χ0v) is 12.0. The molecule has 0 spiro atoms. The molecule has 10 atom stereocenters. The molecule has 8 N–H and O–H groups in total. The van der Waals surface area contributed by atoms with E-state index in [1.165, 1.54) is 0 Å². The molecular weight excluding hydrogens is 320 g/mol. The molecule has 0 amide bonds. The fraction of sp³-hybridized carbons (Fsp3) is 1.00. The lowest BCUT2D eigenvalue weighted by Gasteiger charge is -2.45. The highest BCUT2D eigenvalue weighted by Gasteiger charge is 2.50. The van der Waals surface area contributed by atoms with Crippen LogP contribution in [-0.4, -0.2) is 115 Å². The lowest BCUT2D eigenvalue weighted by Crippen LogP contribution is -2.64. The zero-order chi connectivity index (χ0) is 17.3. The fourth-order valence-corrected chi connectivity index (χ4v) is 2.57. The number of ether oxygens (including phenoxy) is 3. The molecule has 2 heterocycles. The number of rotatable bonds is 4. The Morgan fingerprint density at radius 3 is 1.83 bits per heavy atom. The van der Waals surface area contributed by atoms with Gasteiger partial charge in [0.15, 0.2) is 12.6 Å². The third-order valence-corrected chi connectivity index (χ3v) is 3.98. The monoisotopic (exact) mass is 342 g/mol. The van der Waals surface area contributed by atoms with Gasteiger partial charge in [0.2, 0.25) is 0 Å². The number of aliphatic hydroxyl groups is 8. The van der Waals surface area contributed by atoms with E-state index in [2.05, 4.69) is 0 Å². The summed E-state index contributed by atoms with van der Waals surface area (Å²) in [6.45, 7) is -1.35. The van der Waals surface area contributed by atoms with Crippen LogP contribution < -0.4 is 0 Å². The highest BCUT2D eigenvalue weighted by Crippen LogP contribution is 2.28. The lowest BCUT2D eigenvalue weighted by molar-refractivity contribution is -0.355. The van der Waals surface area contributed by atoms with E-state index in [0.717, 1.165) is 0 Å². The Hall–Kier alpha value is -0.440. The summed E-state index contributed by atoms with van der Waals surface area (Å²) >= 11 is 0. The third kappa shape index (κ3) is 3.65. The van der Waals surface area contributed by atoms with Gasteiger partial charge in [-0.05, 0) is 0 Å². The quantitative estimate of drug-likeness (QED) is 0.243. The van der Waals surface area contributed by atoms with E-state index in [1.807, 2.05) is 0 Å². The molecule has 2 fully saturated rings. The SMILES string of the molecule is OC[C@@H]1O[C@H](O)[C@H](O)[C@@H](O)[C@@H]1O[C@H]1O[C@H](CO)[C@@H](O)[C@H](O)[C@H]1O. The van der Waals surface area contributed by atoms with Crippen molar-refractivity contribution < 1.29 is 55.1 Å². The second kappa shape index (κ2) is 7.63. The van der Waals surface area contributed by atoms with Gasteiger partial charge in [0.1, 0.15) is 48.8 Å². The molecule has 0 aromatic rings. The molecule has 0 bridgehead atoms. The standard InChI is InChI=1S/C12H22O11/c13-1-3-5(15)6(16)9(19)12(22-3)23-10-4(2-14)21-11(20)8(18)7(10)17/h3-20H,1-2H2/t3-,4+,5-,6+,7-,8-,9-,10-,11+,12-/m1/s1. The Morgan fingerprint density at radius 2 is 1.26 bits per heavy atom. The molecule has 2 saturated heterocycles. The second-order valence-electron chi connectivity index (χ2n) is 5.53. The van der Waals surface area contributed by atoms with Crippen LogP contribution in [0.4, 0.5) is 0 Å². The normalized spacial score (nSPS) is 51.7. The third-order valence-electron chi connectivity index (χ3n) is 3.98. The minimum absolute atomic E-state index is 0.667. The summed E-state index contributed by atoms with van der Waals surface area (Å²) in [6.07, 6.45) is -15.6. The first-order valence-electron chi connectivity index (χ1n) is 7.08. The molecule has 2 aliphatic rings. The maximum Gasteiger partial charge on any atom is 0.187 e. The molecule has 2 aliphatic heterocycles. The first-order chi connectivity index (χ1) is 10.8. The Labute approximate surface area is 130 Å². The number of hydrogen-bond acceptors (Lipinski definition) is 11. The maximum atomic E-state index is 9.94. The van der Waals surface area contributed by atoms with Gasteiger partial charge >= 0.3 is 0 Å². The van der Waals surface area contributed by atoms with Crippen LogP contribution >= 0.6 is 0 Å². The van der Waals surface area contributed by atoms with Crippen molar-refractivity contribution in [3.63, 3.8) is 0 Å². The van der Waals surface area contributed by atoms with Crippen LogP contribution in [0.5, 0.6) is 0 Å². The first-order valence-corrected chi connectivity index (χ1v) is 7.08. The van der Waals surface area contributed by atoms with Crippen molar-refractivity contribution in [1.82, 2.24) is 0 Å². The van der Waals surface area contributed by atoms with Crippen molar-refractivity contribution >= 4 is 0 Å². The average molecular weight is 342 g/mol. The molecule has 0 aromatic carbocycles. The maximum absolute atomic E-state index is 9.94. The predicted molar refractivity (Wildman–Crippen MR) is 68.6 cm³/mol. The van der Waals surface area contributed by atoms with Crippen LogP contribution in [0, 0.1) is 0 Å². The Bertz CT molecular complexity index is 378. The van der Waals surface area contributed by atoms with E-state index in [4.69, 9.17) is 19.3 Å². The Balaban J connectivity index is 2.11. The van der Waals surface area contributed by atoms with E-state index >= 15 is 0 Å². The largest absolute Gasteiger partial charge is 0.394 e. The van der Waals surface area contributed by atoms with Crippen LogP contribution in [0.2, 0.25) is 0 Å². The van der Waals surface area contributed by atoms with Gasteiger partial charge in [-0.25, -0.2) is 0 Å². The molecule has 0 unspecified atom stereocenters. The van der Waals surface area contributed by atoms with Crippen LogP contribution in [0.15, 0.2) is 0 Å². The van der Waals surface area contributed by atoms with Crippen molar-refractivity contribution in [1.29, 1.82) is 0 Å². The van der Waals surface area contributed by atoms with E-state index in [-0.39, 0.29) is 0 Å². The molecule has 136 valence electrons. The highest BCUT2D eigenvalue weighted by atomic mass is 16.7. The summed E-state index contributed by atoms with van der Waals surface area (Å²) < 4.78 is 15.3. The second-order valence-corrected chi connectivity index (χ2v) is 5.53. The predicted octanol–water partition coefficient (Wildman–Crippen LogP) is -5.40. The molecule has 23 heavy (non-hydrogen) atoms. The fourth-order valence-electron chi connectivity index (χ4n) is 2.57. The summed E-state index contributed by atoms with van der Waals surface area (Å²) in [5, 5.41) is 76.5. The van der Waals surface area contributed by atoms with Crippen LogP contribution in [0.25, 0.3) is 0 Å². The minimum Gasteiger partial charge on any atom is -0.394 e. The average Bonchev–Trinajstić information content (AvgIpc) is 2.55. The molecule has 0 aromatic heterocycles. The van der Waals surface area contributed by atoms with Crippen molar-refractivity contribution in [3.8, 4) is 0 Å². The van der Waals surface area contributed by atoms with Crippen LogP contribution in [-0.2, 0) is 14.2 Å². The van der Waals surface area contributed by atoms with Gasteiger partial charge in [0.25, 0.3) is 0 Å². The first kappa shape index (κ1) is 18.9. The lowest BCUT2D eigenvalue weighted by atomic mass is 9.97. The van der Waals surface area contributed by atoms with E-state index in [1.54, 1.807) is 0 Å². The van der Waals surface area contributed by atoms with E-state index in [9.17, 15) is 35.7 Å². The molecular formula is C12H22O11. The number of hydrogen-bond donors (Lipinski definition) is 8. The van der Waals surface area contributed by atoms with Crippen molar-refractivity contribution in [2.75, 3.05) is 13.2 Å². The van der Waals surface area contributed by atoms with Gasteiger partial charge in [0.05, 0.1) is 13.2 Å². The summed E-state index contributed by atoms with van der Waals surface area (Å²) in [5.74, 6) is 0. The smallest absolute Gasteiger partial charge is 0.187 e. The molecule has 11 heteroatoms.